The second-order valence-corrected chi connectivity index (χ2v) is 6.83. The summed E-state index contributed by atoms with van der Waals surface area (Å²) in [6.07, 6.45) is -2.62. The highest BCUT2D eigenvalue weighted by atomic mass is 32.1. The molecule has 1 N–H and O–H groups in total. The van der Waals surface area contributed by atoms with E-state index >= 15 is 0 Å². The second kappa shape index (κ2) is 8.61. The molecule has 0 radical (unpaired) electrons. The smallest absolute Gasteiger partial charge is 0.494 e. The number of nitrogens with zero attached hydrogens (tertiary/aromatic N) is 3. The van der Waals surface area contributed by atoms with Crippen LogP contribution in [0.3, 0.4) is 0 Å². The summed E-state index contributed by atoms with van der Waals surface area (Å²) in [5, 5.41) is 1.95. The van der Waals surface area contributed by atoms with Crippen molar-refractivity contribution in [1.29, 1.82) is 0 Å². The first-order chi connectivity index (χ1) is 14.2. The average molecular weight is 442 g/mol. The van der Waals surface area contributed by atoms with Crippen molar-refractivity contribution in [2.24, 2.45) is 0 Å². The van der Waals surface area contributed by atoms with E-state index in [2.05, 4.69) is 24.8 Å². The molecule has 3 aromatic rings. The number of carbonyl (C=O) groups is 1. The Labute approximate surface area is 173 Å². The molecule has 0 spiro atoms. The molecule has 0 saturated carbocycles. The molecular weight excluding hydrogens is 425 g/mol. The summed E-state index contributed by atoms with van der Waals surface area (Å²) in [6, 6.07) is 4.97. The SMILES string of the molecule is CCOC(=O)Oc1sc(Nc2ccc(-n3cnc(C)c3)c(OC)c2)nc1C(F)(F)F. The minimum Gasteiger partial charge on any atom is -0.494 e. The highest BCUT2D eigenvalue weighted by molar-refractivity contribution is 7.17. The number of thiazole rings is 1. The highest BCUT2D eigenvalue weighted by Gasteiger charge is 2.39. The zero-order valence-electron chi connectivity index (χ0n) is 16.1. The van der Waals surface area contributed by atoms with Crippen LogP contribution in [-0.2, 0) is 10.9 Å². The number of carbonyl (C=O) groups excluding carboxylic acids is 1. The molecule has 0 saturated heterocycles. The Hall–Kier alpha value is -3.28. The molecule has 0 aliphatic heterocycles. The van der Waals surface area contributed by atoms with Crippen molar-refractivity contribution in [3.63, 3.8) is 0 Å². The number of anilines is 2. The minimum absolute atomic E-state index is 0.0350. The molecule has 0 aliphatic carbocycles. The van der Waals surface area contributed by atoms with Crippen LogP contribution in [-0.4, -0.2) is 34.4 Å². The van der Waals surface area contributed by atoms with Gasteiger partial charge in [0.15, 0.2) is 5.13 Å². The van der Waals surface area contributed by atoms with Gasteiger partial charge in [0.1, 0.15) is 5.75 Å². The molecule has 0 aliphatic rings. The molecular formula is C18H17F3N4O4S. The number of hydrogen-bond acceptors (Lipinski definition) is 8. The topological polar surface area (TPSA) is 87.5 Å². The van der Waals surface area contributed by atoms with Crippen molar-refractivity contribution < 1.29 is 32.2 Å². The van der Waals surface area contributed by atoms with E-state index in [0.29, 0.717) is 28.5 Å². The zero-order chi connectivity index (χ0) is 21.9. The zero-order valence-corrected chi connectivity index (χ0v) is 16.9. The number of aryl methyl sites for hydroxylation is 1. The highest BCUT2D eigenvalue weighted by Crippen LogP contribution is 2.42. The van der Waals surface area contributed by atoms with E-state index in [9.17, 15) is 18.0 Å². The van der Waals surface area contributed by atoms with Crippen LogP contribution < -0.4 is 14.8 Å². The third kappa shape index (κ3) is 4.82. The molecule has 30 heavy (non-hydrogen) atoms. The number of aromatic nitrogens is 3. The van der Waals surface area contributed by atoms with Gasteiger partial charge in [-0.3, -0.25) is 0 Å². The van der Waals surface area contributed by atoms with Gasteiger partial charge in [-0.2, -0.15) is 13.2 Å². The molecule has 0 atom stereocenters. The lowest BCUT2D eigenvalue weighted by Crippen LogP contribution is -2.13. The fraction of sp³-hybridized carbons (Fsp3) is 0.278. The van der Waals surface area contributed by atoms with Gasteiger partial charge in [0, 0.05) is 18.0 Å². The monoisotopic (exact) mass is 442 g/mol. The Morgan fingerprint density at radius 1 is 1.33 bits per heavy atom. The van der Waals surface area contributed by atoms with E-state index in [1.165, 1.54) is 14.0 Å². The van der Waals surface area contributed by atoms with E-state index in [0.717, 1.165) is 5.69 Å². The second-order valence-electron chi connectivity index (χ2n) is 5.87. The van der Waals surface area contributed by atoms with E-state index in [1.807, 2.05) is 6.92 Å². The van der Waals surface area contributed by atoms with Crippen molar-refractivity contribution in [2.45, 2.75) is 20.0 Å². The van der Waals surface area contributed by atoms with E-state index in [-0.39, 0.29) is 11.7 Å². The first kappa shape index (κ1) is 21.4. The number of benzene rings is 1. The van der Waals surface area contributed by atoms with Gasteiger partial charge in [0.05, 0.1) is 31.4 Å². The molecule has 0 unspecified atom stereocenters. The van der Waals surface area contributed by atoms with Gasteiger partial charge >= 0.3 is 12.3 Å². The number of hydrogen-bond donors (Lipinski definition) is 1. The number of halogens is 3. The molecule has 1 aromatic carbocycles. The predicted octanol–water partition coefficient (Wildman–Crippen LogP) is 4.94. The van der Waals surface area contributed by atoms with Gasteiger partial charge < -0.3 is 24.1 Å². The lowest BCUT2D eigenvalue weighted by Gasteiger charge is -2.11. The van der Waals surface area contributed by atoms with Gasteiger partial charge in [0.2, 0.25) is 10.8 Å². The maximum Gasteiger partial charge on any atom is 0.514 e. The summed E-state index contributed by atoms with van der Waals surface area (Å²) in [6.45, 7) is 3.32. The summed E-state index contributed by atoms with van der Waals surface area (Å²) in [5.41, 5.74) is 0.624. The van der Waals surface area contributed by atoms with Crippen LogP contribution in [0.15, 0.2) is 30.7 Å². The number of methoxy groups -OCH3 is 1. The molecule has 0 amide bonds. The lowest BCUT2D eigenvalue weighted by molar-refractivity contribution is -0.141. The standard InChI is InChI=1S/C18H17F3N4O4S/c1-4-28-17(26)29-15-14(18(19,20)21)24-16(30-15)23-11-5-6-12(13(7-11)27-3)25-8-10(2)22-9-25/h5-9H,4H2,1-3H3,(H,23,24). The normalized spacial score (nSPS) is 11.3. The Kier molecular flexibility index (Phi) is 6.15. The van der Waals surface area contributed by atoms with E-state index < -0.39 is 23.1 Å². The van der Waals surface area contributed by atoms with Crippen LogP contribution in [0.2, 0.25) is 0 Å². The minimum atomic E-state index is -4.81. The number of ether oxygens (including phenoxy) is 3. The number of rotatable bonds is 6. The third-order valence-electron chi connectivity index (χ3n) is 3.72. The van der Waals surface area contributed by atoms with Gasteiger partial charge in [-0.1, -0.05) is 11.3 Å². The molecule has 0 bridgehead atoms. The predicted molar refractivity (Wildman–Crippen MR) is 103 cm³/mol. The van der Waals surface area contributed by atoms with Crippen molar-refractivity contribution in [3.8, 4) is 16.5 Å². The van der Waals surface area contributed by atoms with Gasteiger partial charge in [-0.05, 0) is 26.0 Å². The van der Waals surface area contributed by atoms with Crippen molar-refractivity contribution >= 4 is 28.3 Å². The van der Waals surface area contributed by atoms with Crippen molar-refractivity contribution in [1.82, 2.24) is 14.5 Å². The van der Waals surface area contributed by atoms with Crippen molar-refractivity contribution in [3.05, 3.63) is 42.1 Å². The largest absolute Gasteiger partial charge is 0.514 e. The summed E-state index contributed by atoms with van der Waals surface area (Å²) in [4.78, 5) is 19.1. The third-order valence-corrected chi connectivity index (χ3v) is 4.57. The molecule has 160 valence electrons. The van der Waals surface area contributed by atoms with Crippen molar-refractivity contribution in [2.75, 3.05) is 19.0 Å². The average Bonchev–Trinajstić information content (AvgIpc) is 3.27. The summed E-state index contributed by atoms with van der Waals surface area (Å²) >= 11 is 0.531. The Balaban J connectivity index is 1.88. The first-order valence-corrected chi connectivity index (χ1v) is 9.41. The summed E-state index contributed by atoms with van der Waals surface area (Å²) < 4.78 is 56.1. The first-order valence-electron chi connectivity index (χ1n) is 8.60. The number of nitrogens with one attached hydrogen (secondary N) is 1. The Morgan fingerprint density at radius 3 is 2.70 bits per heavy atom. The molecule has 8 nitrogen and oxygen atoms in total. The van der Waals surface area contributed by atoms with E-state index in [4.69, 9.17) is 4.74 Å². The quantitative estimate of drug-likeness (QED) is 0.541. The van der Waals surface area contributed by atoms with Crippen LogP contribution in [0, 0.1) is 6.92 Å². The van der Waals surface area contributed by atoms with Gasteiger partial charge in [-0.25, -0.2) is 14.8 Å². The van der Waals surface area contributed by atoms with Crippen LogP contribution in [0.1, 0.15) is 18.3 Å². The number of imidazole rings is 1. The van der Waals surface area contributed by atoms with Gasteiger partial charge in [0.25, 0.3) is 0 Å². The Morgan fingerprint density at radius 2 is 2.10 bits per heavy atom. The van der Waals surface area contributed by atoms with Crippen LogP contribution in [0.5, 0.6) is 10.8 Å². The fourth-order valence-corrected chi connectivity index (χ4v) is 3.33. The maximum atomic E-state index is 13.3. The fourth-order valence-electron chi connectivity index (χ4n) is 2.48. The lowest BCUT2D eigenvalue weighted by atomic mass is 10.2. The molecule has 12 heteroatoms. The Bertz CT molecular complexity index is 1050. The molecule has 2 aromatic heterocycles. The molecule has 2 heterocycles. The van der Waals surface area contributed by atoms with Crippen LogP contribution >= 0.6 is 11.3 Å². The summed E-state index contributed by atoms with van der Waals surface area (Å²) in [5.74, 6) is 0.466. The maximum absolute atomic E-state index is 13.3. The molecule has 3 rings (SSSR count). The number of alkyl halides is 3. The summed E-state index contributed by atoms with van der Waals surface area (Å²) in [7, 11) is 1.48. The van der Waals surface area contributed by atoms with Gasteiger partial charge in [-0.15, -0.1) is 0 Å². The van der Waals surface area contributed by atoms with Crippen LogP contribution in [0.4, 0.5) is 28.8 Å². The molecule has 0 fully saturated rings. The van der Waals surface area contributed by atoms with E-state index in [1.54, 1.807) is 35.3 Å². The van der Waals surface area contributed by atoms with Crippen LogP contribution in [0.25, 0.3) is 5.69 Å².